The molecule has 0 saturated carbocycles. The van der Waals surface area contributed by atoms with Crippen LogP contribution in [0.25, 0.3) is 0 Å². The standard InChI is InChI=1S/C18H28N2O/c1-21-18-8-4-3-7-16(18)15-19-13-9-17(10-14-19)20-11-5-2-6-12-20/h3-4,7-8,17H,2,5-6,9-15H2,1H3/p+2. The average Bonchev–Trinajstić information content (AvgIpc) is 2.57. The van der Waals surface area contributed by atoms with E-state index in [1.165, 1.54) is 63.8 Å². The number of benzene rings is 1. The average molecular weight is 290 g/mol. The van der Waals surface area contributed by atoms with Gasteiger partial charge in [0, 0.05) is 18.4 Å². The predicted octanol–water partition coefficient (Wildman–Crippen LogP) is 0.311. The molecule has 2 heterocycles. The van der Waals surface area contributed by atoms with Gasteiger partial charge in [-0.1, -0.05) is 12.1 Å². The largest absolute Gasteiger partial charge is 0.496 e. The van der Waals surface area contributed by atoms with Gasteiger partial charge >= 0.3 is 0 Å². The van der Waals surface area contributed by atoms with Crippen LogP contribution in [-0.4, -0.2) is 39.3 Å². The van der Waals surface area contributed by atoms with Crippen LogP contribution in [0.5, 0.6) is 5.75 Å². The van der Waals surface area contributed by atoms with Gasteiger partial charge in [0.1, 0.15) is 12.3 Å². The Labute approximate surface area is 128 Å². The van der Waals surface area contributed by atoms with E-state index in [0.717, 1.165) is 18.3 Å². The summed E-state index contributed by atoms with van der Waals surface area (Å²) in [6, 6.07) is 9.42. The summed E-state index contributed by atoms with van der Waals surface area (Å²) in [5.41, 5.74) is 1.36. The monoisotopic (exact) mass is 290 g/mol. The van der Waals surface area contributed by atoms with Crippen LogP contribution in [0.4, 0.5) is 0 Å². The van der Waals surface area contributed by atoms with Crippen molar-refractivity contribution in [2.24, 2.45) is 0 Å². The first-order valence-corrected chi connectivity index (χ1v) is 8.67. The van der Waals surface area contributed by atoms with Gasteiger partial charge in [0.25, 0.3) is 0 Å². The third-order valence-corrected chi connectivity index (χ3v) is 5.40. The number of likely N-dealkylation sites (tertiary alicyclic amines) is 2. The zero-order valence-electron chi connectivity index (χ0n) is 13.4. The molecule has 3 rings (SSSR count). The van der Waals surface area contributed by atoms with Gasteiger partial charge in [0.2, 0.25) is 0 Å². The third kappa shape index (κ3) is 3.78. The summed E-state index contributed by atoms with van der Waals surface area (Å²) < 4.78 is 5.49. The van der Waals surface area contributed by atoms with Gasteiger partial charge in [-0.2, -0.15) is 0 Å². The first kappa shape index (κ1) is 14.9. The number of piperidine rings is 2. The normalized spacial score (nSPS) is 27.5. The van der Waals surface area contributed by atoms with E-state index in [4.69, 9.17) is 4.74 Å². The molecule has 2 fully saturated rings. The zero-order chi connectivity index (χ0) is 14.5. The predicted molar refractivity (Wildman–Crippen MR) is 85.0 cm³/mol. The van der Waals surface area contributed by atoms with Crippen molar-refractivity contribution in [2.45, 2.75) is 44.7 Å². The summed E-state index contributed by atoms with van der Waals surface area (Å²) in [6.07, 6.45) is 7.16. The minimum absolute atomic E-state index is 0.937. The van der Waals surface area contributed by atoms with Gasteiger partial charge in [-0.15, -0.1) is 0 Å². The first-order valence-electron chi connectivity index (χ1n) is 8.67. The van der Waals surface area contributed by atoms with E-state index >= 15 is 0 Å². The molecular weight excluding hydrogens is 260 g/mol. The van der Waals surface area contributed by atoms with Gasteiger partial charge in [-0.05, 0) is 31.4 Å². The highest BCUT2D eigenvalue weighted by atomic mass is 16.5. The molecule has 0 aromatic heterocycles. The molecule has 1 aromatic carbocycles. The zero-order valence-corrected chi connectivity index (χ0v) is 13.4. The van der Waals surface area contributed by atoms with Crippen LogP contribution in [0.3, 0.4) is 0 Å². The van der Waals surface area contributed by atoms with Crippen LogP contribution < -0.4 is 14.5 Å². The van der Waals surface area contributed by atoms with Gasteiger partial charge in [0.15, 0.2) is 0 Å². The molecular formula is C18H30N2O+2. The molecule has 2 saturated heterocycles. The molecule has 0 unspecified atom stereocenters. The summed E-state index contributed by atoms with van der Waals surface area (Å²) in [6.45, 7) is 6.61. The van der Waals surface area contributed by atoms with Gasteiger partial charge in [0.05, 0.1) is 39.3 Å². The molecule has 0 spiro atoms. The summed E-state index contributed by atoms with van der Waals surface area (Å²) in [7, 11) is 1.78. The number of nitrogens with one attached hydrogen (secondary N) is 2. The molecule has 2 N–H and O–H groups in total. The summed E-state index contributed by atoms with van der Waals surface area (Å²) in [5, 5.41) is 0. The van der Waals surface area contributed by atoms with Crippen LogP contribution in [0.2, 0.25) is 0 Å². The Kier molecular flexibility index (Phi) is 5.15. The quantitative estimate of drug-likeness (QED) is 0.817. The van der Waals surface area contributed by atoms with Crippen molar-refractivity contribution in [3.05, 3.63) is 29.8 Å². The van der Waals surface area contributed by atoms with Crippen molar-refractivity contribution >= 4 is 0 Å². The SMILES string of the molecule is COc1ccccc1C[NH+]1CCC([NH+]2CCCCC2)CC1. The Morgan fingerprint density at radius 1 is 1.00 bits per heavy atom. The Hall–Kier alpha value is -1.06. The van der Waals surface area contributed by atoms with E-state index in [-0.39, 0.29) is 0 Å². The van der Waals surface area contributed by atoms with Crippen LogP contribution >= 0.6 is 0 Å². The second kappa shape index (κ2) is 7.28. The Morgan fingerprint density at radius 3 is 2.43 bits per heavy atom. The van der Waals surface area contributed by atoms with E-state index in [0.29, 0.717) is 0 Å². The van der Waals surface area contributed by atoms with Gasteiger partial charge in [-0.3, -0.25) is 0 Å². The Bertz CT molecular complexity index is 435. The van der Waals surface area contributed by atoms with Crippen molar-refractivity contribution in [3.63, 3.8) is 0 Å². The lowest BCUT2D eigenvalue weighted by Gasteiger charge is -2.36. The molecule has 0 amide bonds. The molecule has 116 valence electrons. The lowest BCUT2D eigenvalue weighted by atomic mass is 9.99. The highest BCUT2D eigenvalue weighted by Crippen LogP contribution is 2.16. The second-order valence-corrected chi connectivity index (χ2v) is 6.73. The minimum atomic E-state index is 0.937. The molecule has 2 aliphatic rings. The molecule has 3 heteroatoms. The molecule has 1 aromatic rings. The molecule has 0 aliphatic carbocycles. The number of methoxy groups -OCH3 is 1. The number of hydrogen-bond acceptors (Lipinski definition) is 1. The number of ether oxygens (including phenoxy) is 1. The molecule has 2 aliphatic heterocycles. The highest BCUT2D eigenvalue weighted by molar-refractivity contribution is 5.32. The third-order valence-electron chi connectivity index (χ3n) is 5.40. The van der Waals surface area contributed by atoms with E-state index in [1.807, 2.05) is 4.90 Å². The fraction of sp³-hybridized carbons (Fsp3) is 0.667. The van der Waals surface area contributed by atoms with E-state index in [2.05, 4.69) is 24.3 Å². The van der Waals surface area contributed by atoms with Gasteiger partial charge in [-0.25, -0.2) is 0 Å². The van der Waals surface area contributed by atoms with Crippen molar-refractivity contribution in [1.82, 2.24) is 0 Å². The van der Waals surface area contributed by atoms with Crippen molar-refractivity contribution in [1.29, 1.82) is 0 Å². The Morgan fingerprint density at radius 2 is 1.71 bits per heavy atom. The van der Waals surface area contributed by atoms with Crippen molar-refractivity contribution in [2.75, 3.05) is 33.3 Å². The fourth-order valence-corrected chi connectivity index (χ4v) is 4.14. The maximum Gasteiger partial charge on any atom is 0.127 e. The van der Waals surface area contributed by atoms with Crippen molar-refractivity contribution < 1.29 is 14.5 Å². The number of rotatable bonds is 4. The number of quaternary nitrogens is 2. The van der Waals surface area contributed by atoms with E-state index < -0.39 is 0 Å². The van der Waals surface area contributed by atoms with Crippen LogP contribution in [0.1, 0.15) is 37.7 Å². The molecule has 0 bridgehead atoms. The molecule has 0 atom stereocenters. The first-order chi connectivity index (χ1) is 10.4. The molecule has 3 nitrogen and oxygen atoms in total. The van der Waals surface area contributed by atoms with Crippen LogP contribution in [-0.2, 0) is 6.54 Å². The lowest BCUT2D eigenvalue weighted by molar-refractivity contribution is -0.965. The maximum atomic E-state index is 5.49. The van der Waals surface area contributed by atoms with Gasteiger partial charge < -0.3 is 14.5 Å². The number of hydrogen-bond donors (Lipinski definition) is 2. The lowest BCUT2D eigenvalue weighted by Crippen LogP contribution is -3.20. The van der Waals surface area contributed by atoms with Crippen molar-refractivity contribution in [3.8, 4) is 5.75 Å². The molecule has 0 radical (unpaired) electrons. The summed E-state index contributed by atoms with van der Waals surface area (Å²) >= 11 is 0. The van der Waals surface area contributed by atoms with E-state index in [1.54, 1.807) is 12.0 Å². The number of para-hydroxylation sites is 1. The fourth-order valence-electron chi connectivity index (χ4n) is 4.14. The van der Waals surface area contributed by atoms with Crippen LogP contribution in [0, 0.1) is 0 Å². The van der Waals surface area contributed by atoms with Crippen LogP contribution in [0.15, 0.2) is 24.3 Å². The smallest absolute Gasteiger partial charge is 0.127 e. The highest BCUT2D eigenvalue weighted by Gasteiger charge is 2.30. The Balaban J connectivity index is 1.51. The van der Waals surface area contributed by atoms with E-state index in [9.17, 15) is 0 Å². The minimum Gasteiger partial charge on any atom is -0.496 e. The summed E-state index contributed by atoms with van der Waals surface area (Å²) in [4.78, 5) is 3.63. The maximum absolute atomic E-state index is 5.49. The topological polar surface area (TPSA) is 18.1 Å². The second-order valence-electron chi connectivity index (χ2n) is 6.73. The molecule has 21 heavy (non-hydrogen) atoms. The summed E-state index contributed by atoms with van der Waals surface area (Å²) in [5.74, 6) is 1.05.